The average Bonchev–Trinajstić information content (AvgIpc) is 3.12. The van der Waals surface area contributed by atoms with Crippen LogP contribution < -0.4 is 14.8 Å². The minimum Gasteiger partial charge on any atom is -0.497 e. The van der Waals surface area contributed by atoms with Crippen LogP contribution in [0.15, 0.2) is 18.2 Å². The molecule has 2 rings (SSSR count). The van der Waals surface area contributed by atoms with E-state index in [2.05, 4.69) is 17.4 Å². The summed E-state index contributed by atoms with van der Waals surface area (Å²) in [7, 11) is 3.36. The first kappa shape index (κ1) is 11.3. The Kier molecular flexibility index (Phi) is 3.67. The van der Waals surface area contributed by atoms with Crippen LogP contribution in [0, 0.1) is 0 Å². The predicted octanol–water partition coefficient (Wildman–Crippen LogP) is 2.00. The first-order chi connectivity index (χ1) is 7.81. The Labute approximate surface area is 96.8 Å². The second-order valence-corrected chi connectivity index (χ2v) is 4.20. The molecule has 0 aromatic heterocycles. The van der Waals surface area contributed by atoms with Crippen molar-refractivity contribution in [3.05, 3.63) is 23.8 Å². The zero-order chi connectivity index (χ0) is 11.4. The van der Waals surface area contributed by atoms with Gasteiger partial charge in [-0.1, -0.05) is 0 Å². The molecule has 1 fully saturated rings. The third-order valence-electron chi connectivity index (χ3n) is 2.84. The fourth-order valence-electron chi connectivity index (χ4n) is 1.72. The molecule has 88 valence electrons. The summed E-state index contributed by atoms with van der Waals surface area (Å²) in [6.07, 6.45) is 3.69. The summed E-state index contributed by atoms with van der Waals surface area (Å²) in [6, 6.07) is 6.80. The molecule has 0 spiro atoms. The largest absolute Gasteiger partial charge is 0.497 e. The van der Waals surface area contributed by atoms with Gasteiger partial charge < -0.3 is 14.8 Å². The minimum absolute atomic E-state index is 0.771. The third-order valence-corrected chi connectivity index (χ3v) is 2.84. The van der Waals surface area contributed by atoms with Gasteiger partial charge in [-0.25, -0.2) is 0 Å². The minimum atomic E-state index is 0.771. The quantitative estimate of drug-likeness (QED) is 0.797. The van der Waals surface area contributed by atoms with Crippen LogP contribution in [-0.4, -0.2) is 26.8 Å². The molecule has 0 saturated heterocycles. The van der Waals surface area contributed by atoms with Gasteiger partial charge in [0.05, 0.1) is 14.2 Å². The molecule has 0 amide bonds. The van der Waals surface area contributed by atoms with E-state index in [0.717, 1.165) is 30.5 Å². The van der Waals surface area contributed by atoms with E-state index in [1.165, 1.54) is 18.4 Å². The van der Waals surface area contributed by atoms with Crippen molar-refractivity contribution in [3.8, 4) is 11.5 Å². The van der Waals surface area contributed by atoms with Crippen molar-refractivity contribution in [2.45, 2.75) is 25.3 Å². The van der Waals surface area contributed by atoms with Crippen LogP contribution in [0.1, 0.15) is 18.4 Å². The smallest absolute Gasteiger partial charge is 0.122 e. The highest BCUT2D eigenvalue weighted by Crippen LogP contribution is 2.23. The Balaban J connectivity index is 1.94. The molecule has 1 aliphatic carbocycles. The van der Waals surface area contributed by atoms with Gasteiger partial charge in [0.2, 0.25) is 0 Å². The average molecular weight is 221 g/mol. The maximum absolute atomic E-state index is 5.24. The Morgan fingerprint density at radius 1 is 1.12 bits per heavy atom. The first-order valence-electron chi connectivity index (χ1n) is 5.77. The number of ether oxygens (including phenoxy) is 2. The molecule has 0 bridgehead atoms. The monoisotopic (exact) mass is 221 g/mol. The summed E-state index contributed by atoms with van der Waals surface area (Å²) in [5, 5.41) is 3.50. The molecule has 0 radical (unpaired) electrons. The van der Waals surface area contributed by atoms with Gasteiger partial charge in [-0.2, -0.15) is 0 Å². The zero-order valence-corrected chi connectivity index (χ0v) is 9.95. The van der Waals surface area contributed by atoms with Gasteiger partial charge in [0, 0.05) is 12.1 Å². The van der Waals surface area contributed by atoms with Crippen molar-refractivity contribution in [1.82, 2.24) is 5.32 Å². The summed E-state index contributed by atoms with van der Waals surface area (Å²) in [4.78, 5) is 0. The molecule has 3 nitrogen and oxygen atoms in total. The molecular formula is C13H19NO2. The van der Waals surface area contributed by atoms with Gasteiger partial charge in [-0.15, -0.1) is 0 Å². The van der Waals surface area contributed by atoms with Crippen molar-refractivity contribution in [2.75, 3.05) is 20.8 Å². The van der Waals surface area contributed by atoms with E-state index in [1.54, 1.807) is 14.2 Å². The molecule has 0 atom stereocenters. The Morgan fingerprint density at radius 2 is 1.75 bits per heavy atom. The highest BCUT2D eigenvalue weighted by molar-refractivity contribution is 5.38. The van der Waals surface area contributed by atoms with Crippen LogP contribution in [0.4, 0.5) is 0 Å². The molecule has 1 aromatic carbocycles. The Hall–Kier alpha value is -1.22. The fraction of sp³-hybridized carbons (Fsp3) is 0.538. The molecule has 1 aromatic rings. The SMILES string of the molecule is COc1cc(CCNC2CC2)cc(OC)c1. The maximum atomic E-state index is 5.24. The summed E-state index contributed by atoms with van der Waals surface area (Å²) >= 11 is 0. The molecular weight excluding hydrogens is 202 g/mol. The summed E-state index contributed by atoms with van der Waals surface area (Å²) in [5.74, 6) is 1.72. The molecule has 16 heavy (non-hydrogen) atoms. The van der Waals surface area contributed by atoms with Crippen LogP contribution in [0.5, 0.6) is 11.5 Å². The van der Waals surface area contributed by atoms with E-state index in [4.69, 9.17) is 9.47 Å². The molecule has 1 saturated carbocycles. The van der Waals surface area contributed by atoms with Crippen LogP contribution in [-0.2, 0) is 6.42 Å². The van der Waals surface area contributed by atoms with Gasteiger partial charge in [-0.3, -0.25) is 0 Å². The van der Waals surface area contributed by atoms with Gasteiger partial charge in [0.25, 0.3) is 0 Å². The van der Waals surface area contributed by atoms with E-state index >= 15 is 0 Å². The van der Waals surface area contributed by atoms with Crippen LogP contribution in [0.25, 0.3) is 0 Å². The van der Waals surface area contributed by atoms with Gasteiger partial charge in [0.1, 0.15) is 11.5 Å². The molecule has 1 N–H and O–H groups in total. The Morgan fingerprint density at radius 3 is 2.25 bits per heavy atom. The van der Waals surface area contributed by atoms with Crippen LogP contribution in [0.2, 0.25) is 0 Å². The second kappa shape index (κ2) is 5.21. The normalized spacial score (nSPS) is 14.9. The van der Waals surface area contributed by atoms with E-state index in [0.29, 0.717) is 0 Å². The van der Waals surface area contributed by atoms with Crippen LogP contribution >= 0.6 is 0 Å². The van der Waals surface area contributed by atoms with E-state index < -0.39 is 0 Å². The van der Waals surface area contributed by atoms with Gasteiger partial charge in [0.15, 0.2) is 0 Å². The summed E-state index contributed by atoms with van der Waals surface area (Å²) in [5.41, 5.74) is 1.25. The lowest BCUT2D eigenvalue weighted by molar-refractivity contribution is 0.393. The number of nitrogens with one attached hydrogen (secondary N) is 1. The van der Waals surface area contributed by atoms with E-state index in [9.17, 15) is 0 Å². The molecule has 0 aliphatic heterocycles. The highest BCUT2D eigenvalue weighted by Gasteiger charge is 2.19. The van der Waals surface area contributed by atoms with E-state index in [-0.39, 0.29) is 0 Å². The zero-order valence-electron chi connectivity index (χ0n) is 9.95. The molecule has 0 heterocycles. The fourth-order valence-corrected chi connectivity index (χ4v) is 1.72. The second-order valence-electron chi connectivity index (χ2n) is 4.20. The Bertz CT molecular complexity index is 326. The maximum Gasteiger partial charge on any atom is 0.122 e. The standard InChI is InChI=1S/C13H19NO2/c1-15-12-7-10(8-13(9-12)16-2)5-6-14-11-3-4-11/h7-9,11,14H,3-6H2,1-2H3. The predicted molar refractivity (Wildman–Crippen MR) is 64.3 cm³/mol. The van der Waals surface area contributed by atoms with Crippen molar-refractivity contribution < 1.29 is 9.47 Å². The highest BCUT2D eigenvalue weighted by atomic mass is 16.5. The number of hydrogen-bond donors (Lipinski definition) is 1. The molecule has 3 heteroatoms. The third kappa shape index (κ3) is 3.14. The lowest BCUT2D eigenvalue weighted by atomic mass is 10.1. The number of benzene rings is 1. The lowest BCUT2D eigenvalue weighted by Gasteiger charge is -2.08. The number of hydrogen-bond acceptors (Lipinski definition) is 3. The number of rotatable bonds is 6. The van der Waals surface area contributed by atoms with E-state index in [1.807, 2.05) is 6.07 Å². The van der Waals surface area contributed by atoms with Crippen molar-refractivity contribution in [2.24, 2.45) is 0 Å². The molecule has 0 unspecified atom stereocenters. The first-order valence-corrected chi connectivity index (χ1v) is 5.77. The van der Waals surface area contributed by atoms with Crippen molar-refractivity contribution >= 4 is 0 Å². The van der Waals surface area contributed by atoms with Gasteiger partial charge in [-0.05, 0) is 43.5 Å². The van der Waals surface area contributed by atoms with Crippen LogP contribution in [0.3, 0.4) is 0 Å². The number of methoxy groups -OCH3 is 2. The van der Waals surface area contributed by atoms with Crippen molar-refractivity contribution in [3.63, 3.8) is 0 Å². The topological polar surface area (TPSA) is 30.5 Å². The van der Waals surface area contributed by atoms with Gasteiger partial charge >= 0.3 is 0 Å². The van der Waals surface area contributed by atoms with Crippen molar-refractivity contribution in [1.29, 1.82) is 0 Å². The summed E-state index contributed by atoms with van der Waals surface area (Å²) in [6.45, 7) is 1.03. The lowest BCUT2D eigenvalue weighted by Crippen LogP contribution is -2.19. The summed E-state index contributed by atoms with van der Waals surface area (Å²) < 4.78 is 10.5. The molecule has 1 aliphatic rings.